The van der Waals surface area contributed by atoms with Crippen LogP contribution in [0, 0.1) is 0 Å². The lowest BCUT2D eigenvalue weighted by Gasteiger charge is -2.11. The molecule has 2 aromatic rings. The molecule has 1 aliphatic heterocycles. The van der Waals surface area contributed by atoms with Crippen LogP contribution in [0.2, 0.25) is 0 Å². The Morgan fingerprint density at radius 1 is 1.33 bits per heavy atom. The number of likely N-dealkylation sites (tertiary alicyclic amines) is 1. The van der Waals surface area contributed by atoms with Crippen molar-refractivity contribution in [1.29, 1.82) is 0 Å². The monoisotopic (exact) mass is 260 g/mol. The number of hydrogen-bond acceptors (Lipinski definition) is 4. The molecule has 0 spiro atoms. The third kappa shape index (κ3) is 2.61. The van der Waals surface area contributed by atoms with Gasteiger partial charge in [-0.25, -0.2) is 4.98 Å². The van der Waals surface area contributed by atoms with Gasteiger partial charge in [-0.05, 0) is 12.0 Å². The molecule has 94 valence electrons. The van der Waals surface area contributed by atoms with Crippen molar-refractivity contribution in [3.05, 3.63) is 41.5 Å². The predicted octanol–water partition coefficient (Wildman–Crippen LogP) is 2.38. The van der Waals surface area contributed by atoms with Gasteiger partial charge in [-0.15, -0.1) is 11.3 Å². The first-order valence-corrected chi connectivity index (χ1v) is 7.03. The third-order valence-corrected chi connectivity index (χ3v) is 4.25. The summed E-state index contributed by atoms with van der Waals surface area (Å²) in [6.45, 7) is 2.61. The SMILES string of the molecule is O[C@H]1CCN(Cc2ncc(-c3ccccc3)s2)C1. The van der Waals surface area contributed by atoms with Gasteiger partial charge in [0.05, 0.1) is 17.5 Å². The van der Waals surface area contributed by atoms with Crippen LogP contribution in [-0.4, -0.2) is 34.2 Å². The van der Waals surface area contributed by atoms with Gasteiger partial charge in [0, 0.05) is 19.3 Å². The van der Waals surface area contributed by atoms with Crippen LogP contribution in [-0.2, 0) is 6.54 Å². The van der Waals surface area contributed by atoms with Gasteiger partial charge >= 0.3 is 0 Å². The number of aliphatic hydroxyl groups excluding tert-OH is 1. The molecule has 0 unspecified atom stereocenters. The fourth-order valence-corrected chi connectivity index (χ4v) is 3.23. The highest BCUT2D eigenvalue weighted by Crippen LogP contribution is 2.27. The highest BCUT2D eigenvalue weighted by molar-refractivity contribution is 7.15. The minimum absolute atomic E-state index is 0.154. The Morgan fingerprint density at radius 2 is 2.17 bits per heavy atom. The highest BCUT2D eigenvalue weighted by atomic mass is 32.1. The number of aliphatic hydroxyl groups is 1. The van der Waals surface area contributed by atoms with Crippen molar-refractivity contribution in [2.45, 2.75) is 19.1 Å². The Balaban J connectivity index is 1.70. The zero-order valence-electron chi connectivity index (χ0n) is 10.1. The van der Waals surface area contributed by atoms with E-state index < -0.39 is 0 Å². The number of β-amino-alcohol motifs (C(OH)–C–C–N with tert-alkyl or cyclic N) is 1. The first-order valence-electron chi connectivity index (χ1n) is 6.22. The van der Waals surface area contributed by atoms with E-state index in [0.717, 1.165) is 31.1 Å². The van der Waals surface area contributed by atoms with Crippen LogP contribution in [0.5, 0.6) is 0 Å². The Kier molecular flexibility index (Phi) is 3.41. The van der Waals surface area contributed by atoms with E-state index in [-0.39, 0.29) is 6.10 Å². The van der Waals surface area contributed by atoms with E-state index in [4.69, 9.17) is 0 Å². The van der Waals surface area contributed by atoms with Crippen LogP contribution in [0.15, 0.2) is 36.5 Å². The Hall–Kier alpha value is -1.23. The number of benzene rings is 1. The van der Waals surface area contributed by atoms with Crippen LogP contribution in [0.4, 0.5) is 0 Å². The average Bonchev–Trinajstić information content (AvgIpc) is 3.01. The number of rotatable bonds is 3. The van der Waals surface area contributed by atoms with Gasteiger partial charge in [-0.2, -0.15) is 0 Å². The van der Waals surface area contributed by atoms with Gasteiger partial charge < -0.3 is 5.11 Å². The lowest BCUT2D eigenvalue weighted by atomic mass is 10.2. The smallest absolute Gasteiger partial charge is 0.107 e. The van der Waals surface area contributed by atoms with Gasteiger partial charge in [-0.1, -0.05) is 30.3 Å². The zero-order valence-corrected chi connectivity index (χ0v) is 10.9. The van der Waals surface area contributed by atoms with E-state index in [2.05, 4.69) is 22.0 Å². The van der Waals surface area contributed by atoms with E-state index in [9.17, 15) is 5.11 Å². The Labute approximate surface area is 111 Å². The predicted molar refractivity (Wildman–Crippen MR) is 73.5 cm³/mol. The molecule has 1 aromatic heterocycles. The molecule has 1 saturated heterocycles. The maximum Gasteiger partial charge on any atom is 0.107 e. The van der Waals surface area contributed by atoms with Gasteiger partial charge in [-0.3, -0.25) is 4.90 Å². The molecule has 2 heterocycles. The van der Waals surface area contributed by atoms with E-state index in [0.29, 0.717) is 0 Å². The second-order valence-electron chi connectivity index (χ2n) is 4.66. The van der Waals surface area contributed by atoms with E-state index >= 15 is 0 Å². The Morgan fingerprint density at radius 3 is 2.89 bits per heavy atom. The third-order valence-electron chi connectivity index (χ3n) is 3.22. The Bertz CT molecular complexity index is 512. The van der Waals surface area contributed by atoms with Crippen molar-refractivity contribution in [3.63, 3.8) is 0 Å². The van der Waals surface area contributed by atoms with Gasteiger partial charge in [0.15, 0.2) is 0 Å². The number of hydrogen-bond donors (Lipinski definition) is 1. The summed E-state index contributed by atoms with van der Waals surface area (Å²) in [5.41, 5.74) is 1.22. The highest BCUT2D eigenvalue weighted by Gasteiger charge is 2.20. The normalized spacial score (nSPS) is 20.4. The molecule has 3 rings (SSSR count). The van der Waals surface area contributed by atoms with Crippen LogP contribution in [0.1, 0.15) is 11.4 Å². The summed E-state index contributed by atoms with van der Waals surface area (Å²) >= 11 is 1.74. The zero-order chi connectivity index (χ0) is 12.4. The molecular formula is C14H16N2OS. The molecule has 0 aliphatic carbocycles. The fraction of sp³-hybridized carbons (Fsp3) is 0.357. The van der Waals surface area contributed by atoms with Crippen molar-refractivity contribution in [3.8, 4) is 10.4 Å². The van der Waals surface area contributed by atoms with Crippen LogP contribution < -0.4 is 0 Å². The topological polar surface area (TPSA) is 36.4 Å². The van der Waals surface area contributed by atoms with Crippen molar-refractivity contribution < 1.29 is 5.11 Å². The van der Waals surface area contributed by atoms with Crippen molar-refractivity contribution in [2.75, 3.05) is 13.1 Å². The quantitative estimate of drug-likeness (QED) is 0.920. The molecule has 1 aliphatic rings. The van der Waals surface area contributed by atoms with E-state index in [1.807, 2.05) is 24.4 Å². The summed E-state index contributed by atoms with van der Waals surface area (Å²) < 4.78 is 0. The maximum atomic E-state index is 9.50. The molecule has 0 amide bonds. The molecule has 1 aromatic carbocycles. The van der Waals surface area contributed by atoms with Gasteiger partial charge in [0.25, 0.3) is 0 Å². The maximum absolute atomic E-state index is 9.50. The summed E-state index contributed by atoms with van der Waals surface area (Å²) in [4.78, 5) is 7.95. The molecule has 1 N–H and O–H groups in total. The second-order valence-corrected chi connectivity index (χ2v) is 5.78. The van der Waals surface area contributed by atoms with Crippen LogP contribution in [0.3, 0.4) is 0 Å². The second kappa shape index (κ2) is 5.18. The van der Waals surface area contributed by atoms with Gasteiger partial charge in [0.1, 0.15) is 5.01 Å². The van der Waals surface area contributed by atoms with Crippen molar-refractivity contribution >= 4 is 11.3 Å². The molecule has 0 radical (unpaired) electrons. The molecular weight excluding hydrogens is 244 g/mol. The van der Waals surface area contributed by atoms with Crippen LogP contribution >= 0.6 is 11.3 Å². The molecule has 18 heavy (non-hydrogen) atoms. The average molecular weight is 260 g/mol. The number of nitrogens with zero attached hydrogens (tertiary/aromatic N) is 2. The van der Waals surface area contributed by atoms with Crippen molar-refractivity contribution in [2.24, 2.45) is 0 Å². The van der Waals surface area contributed by atoms with E-state index in [1.165, 1.54) is 10.4 Å². The minimum Gasteiger partial charge on any atom is -0.392 e. The molecule has 1 atom stereocenters. The largest absolute Gasteiger partial charge is 0.392 e. The summed E-state index contributed by atoms with van der Waals surface area (Å²) in [6.07, 6.45) is 2.68. The molecule has 1 fully saturated rings. The van der Waals surface area contributed by atoms with E-state index in [1.54, 1.807) is 11.3 Å². The summed E-state index contributed by atoms with van der Waals surface area (Å²) in [6, 6.07) is 10.3. The summed E-state index contributed by atoms with van der Waals surface area (Å²) in [7, 11) is 0. The lowest BCUT2D eigenvalue weighted by molar-refractivity contribution is 0.175. The molecule has 3 nitrogen and oxygen atoms in total. The standard InChI is InChI=1S/C14H16N2OS/c17-12-6-7-16(9-12)10-14-15-8-13(18-14)11-4-2-1-3-5-11/h1-5,8,12,17H,6-7,9-10H2/t12-/m0/s1. The lowest BCUT2D eigenvalue weighted by Crippen LogP contribution is -2.21. The van der Waals surface area contributed by atoms with Crippen LogP contribution in [0.25, 0.3) is 10.4 Å². The molecule has 0 saturated carbocycles. The van der Waals surface area contributed by atoms with Gasteiger partial charge in [0.2, 0.25) is 0 Å². The summed E-state index contributed by atoms with van der Waals surface area (Å²) in [5.74, 6) is 0. The molecule has 4 heteroatoms. The minimum atomic E-state index is -0.154. The molecule has 0 bridgehead atoms. The fourth-order valence-electron chi connectivity index (χ4n) is 2.27. The number of aromatic nitrogens is 1. The van der Waals surface area contributed by atoms with Crippen molar-refractivity contribution in [1.82, 2.24) is 9.88 Å². The number of thiazole rings is 1. The first kappa shape index (κ1) is 11.8. The summed E-state index contributed by atoms with van der Waals surface area (Å²) in [5, 5.41) is 10.6. The first-order chi connectivity index (χ1) is 8.81.